The van der Waals surface area contributed by atoms with Gasteiger partial charge in [-0.2, -0.15) is 5.26 Å². The van der Waals surface area contributed by atoms with Gasteiger partial charge in [-0.1, -0.05) is 50.1 Å². The Labute approximate surface area is 199 Å². The van der Waals surface area contributed by atoms with E-state index in [1.807, 2.05) is 25.1 Å². The molecule has 0 radical (unpaired) electrons. The van der Waals surface area contributed by atoms with Crippen molar-refractivity contribution in [2.75, 3.05) is 4.90 Å². The third kappa shape index (κ3) is 3.85. The molecular formula is C28H30N2O2S. The lowest BCUT2D eigenvalue weighted by Crippen LogP contribution is -2.43. The van der Waals surface area contributed by atoms with Crippen molar-refractivity contribution in [2.24, 2.45) is 5.41 Å². The summed E-state index contributed by atoms with van der Waals surface area (Å²) >= 11 is 1.60. The highest BCUT2D eigenvalue weighted by atomic mass is 32.1. The molecule has 1 atom stereocenters. The van der Waals surface area contributed by atoms with Crippen molar-refractivity contribution >= 4 is 28.0 Å². The lowest BCUT2D eigenvalue weighted by molar-refractivity contribution is -0.120. The Morgan fingerprint density at radius 1 is 1.12 bits per heavy atom. The number of fused-ring (bicyclic) bond motifs is 1. The van der Waals surface area contributed by atoms with E-state index in [1.165, 1.54) is 11.3 Å². The van der Waals surface area contributed by atoms with Crippen LogP contribution in [0.5, 0.6) is 0 Å². The number of benzene rings is 1. The number of nitriles is 1. The highest BCUT2D eigenvalue weighted by Crippen LogP contribution is 2.51. The lowest BCUT2D eigenvalue weighted by atomic mass is 9.69. The van der Waals surface area contributed by atoms with Gasteiger partial charge in [0.15, 0.2) is 5.78 Å². The van der Waals surface area contributed by atoms with E-state index in [1.54, 1.807) is 16.2 Å². The molecule has 1 aromatic carbocycles. The fraction of sp³-hybridized carbons (Fsp3) is 0.464. The van der Waals surface area contributed by atoms with Crippen molar-refractivity contribution in [3.63, 3.8) is 0 Å². The van der Waals surface area contributed by atoms with Crippen LogP contribution in [0.3, 0.4) is 0 Å². The number of hydrogen-bond acceptors (Lipinski definition) is 4. The van der Waals surface area contributed by atoms with Gasteiger partial charge in [0.2, 0.25) is 5.91 Å². The number of thiophene rings is 1. The predicted molar refractivity (Wildman–Crippen MR) is 131 cm³/mol. The summed E-state index contributed by atoms with van der Waals surface area (Å²) in [6.45, 7) is 6.24. The smallest absolute Gasteiger partial charge is 0.232 e. The van der Waals surface area contributed by atoms with Gasteiger partial charge in [-0.05, 0) is 55.6 Å². The van der Waals surface area contributed by atoms with Crippen LogP contribution in [0.15, 0.2) is 35.5 Å². The molecule has 1 aromatic heterocycles. The summed E-state index contributed by atoms with van der Waals surface area (Å²) in [6, 6.07) is 10.6. The SMILES string of the molecule is Cc1cccc(C2CC(=O)N(c3sc4c(c3C#N)CCCCC4)C3=C2C(=O)CC(C)(C)C3)c1. The number of carbonyl (C=O) groups is 2. The van der Waals surface area contributed by atoms with Crippen LogP contribution in [0, 0.1) is 23.7 Å². The van der Waals surface area contributed by atoms with Crippen molar-refractivity contribution in [1.29, 1.82) is 5.26 Å². The second-order valence-corrected chi connectivity index (χ2v) is 11.6. The molecule has 5 heteroatoms. The minimum absolute atomic E-state index is 0.00124. The van der Waals surface area contributed by atoms with Crippen molar-refractivity contribution in [3.05, 3.63) is 62.7 Å². The molecule has 2 aromatic rings. The highest BCUT2D eigenvalue weighted by Gasteiger charge is 2.45. The number of allylic oxidation sites excluding steroid dienone is 2. The molecule has 0 saturated carbocycles. The first-order valence-corrected chi connectivity index (χ1v) is 12.8. The average Bonchev–Trinajstić information content (AvgIpc) is 2.92. The van der Waals surface area contributed by atoms with E-state index in [0.29, 0.717) is 18.4 Å². The average molecular weight is 459 g/mol. The van der Waals surface area contributed by atoms with Crippen LogP contribution in [0.2, 0.25) is 0 Å². The lowest BCUT2D eigenvalue weighted by Gasteiger charge is -2.42. The van der Waals surface area contributed by atoms with Crippen molar-refractivity contribution in [2.45, 2.75) is 78.1 Å². The largest absolute Gasteiger partial charge is 0.294 e. The van der Waals surface area contributed by atoms with E-state index in [0.717, 1.165) is 58.6 Å². The normalized spacial score (nSPS) is 22.5. The summed E-state index contributed by atoms with van der Waals surface area (Å²) in [5.41, 5.74) is 5.34. The molecule has 2 aliphatic carbocycles. The number of nitrogens with zero attached hydrogens (tertiary/aromatic N) is 2. The molecule has 0 fully saturated rings. The third-order valence-corrected chi connectivity index (χ3v) is 8.58. The number of ketones is 1. The van der Waals surface area contributed by atoms with Crippen LogP contribution in [0.4, 0.5) is 5.00 Å². The Balaban J connectivity index is 1.70. The van der Waals surface area contributed by atoms with E-state index in [2.05, 4.69) is 26.0 Å². The molecule has 2 heterocycles. The number of rotatable bonds is 2. The molecule has 170 valence electrons. The van der Waals surface area contributed by atoms with Gasteiger partial charge in [0, 0.05) is 34.9 Å². The fourth-order valence-corrected chi connectivity index (χ4v) is 7.20. The molecule has 0 spiro atoms. The topological polar surface area (TPSA) is 61.2 Å². The monoisotopic (exact) mass is 458 g/mol. The molecule has 0 N–H and O–H groups in total. The zero-order valence-corrected chi connectivity index (χ0v) is 20.5. The van der Waals surface area contributed by atoms with Gasteiger partial charge < -0.3 is 0 Å². The molecule has 33 heavy (non-hydrogen) atoms. The minimum atomic E-state index is -0.218. The summed E-state index contributed by atoms with van der Waals surface area (Å²) in [6.07, 6.45) is 6.68. The van der Waals surface area contributed by atoms with Crippen LogP contribution in [-0.4, -0.2) is 11.7 Å². The van der Waals surface area contributed by atoms with Gasteiger partial charge in [-0.3, -0.25) is 14.5 Å². The van der Waals surface area contributed by atoms with E-state index in [9.17, 15) is 14.9 Å². The molecule has 1 unspecified atom stereocenters. The number of Topliss-reactive ketones (excluding diaryl/α,β-unsaturated/α-hetero) is 1. The number of anilines is 1. The second-order valence-electron chi connectivity index (χ2n) is 10.6. The minimum Gasteiger partial charge on any atom is -0.294 e. The summed E-state index contributed by atoms with van der Waals surface area (Å²) < 4.78 is 0. The summed E-state index contributed by atoms with van der Waals surface area (Å²) in [5.74, 6) is -0.0730. The zero-order chi connectivity index (χ0) is 23.3. The first-order chi connectivity index (χ1) is 15.8. The van der Waals surface area contributed by atoms with Crippen molar-refractivity contribution in [3.8, 4) is 6.07 Å². The van der Waals surface area contributed by atoms with Gasteiger partial charge in [-0.15, -0.1) is 11.3 Å². The molecule has 0 bridgehead atoms. The number of hydrogen-bond donors (Lipinski definition) is 0. The maximum atomic E-state index is 13.8. The van der Waals surface area contributed by atoms with Gasteiger partial charge in [0.25, 0.3) is 0 Å². The van der Waals surface area contributed by atoms with Crippen LogP contribution < -0.4 is 4.90 Å². The van der Waals surface area contributed by atoms with E-state index < -0.39 is 0 Å². The number of aryl methyl sites for hydroxylation is 2. The van der Waals surface area contributed by atoms with Crippen LogP contribution >= 0.6 is 11.3 Å². The van der Waals surface area contributed by atoms with Crippen LogP contribution in [0.25, 0.3) is 0 Å². The first kappa shape index (κ1) is 22.1. The first-order valence-electron chi connectivity index (χ1n) is 12.0. The third-order valence-electron chi connectivity index (χ3n) is 7.31. The van der Waals surface area contributed by atoms with Gasteiger partial charge in [0.1, 0.15) is 11.1 Å². The zero-order valence-electron chi connectivity index (χ0n) is 19.7. The molecule has 1 aliphatic heterocycles. The molecular weight excluding hydrogens is 428 g/mol. The Bertz CT molecular complexity index is 1230. The maximum Gasteiger partial charge on any atom is 0.232 e. The summed E-state index contributed by atoms with van der Waals surface area (Å²) in [4.78, 5) is 30.3. The van der Waals surface area contributed by atoms with Crippen LogP contribution in [0.1, 0.15) is 85.4 Å². The van der Waals surface area contributed by atoms with Gasteiger partial charge in [0.05, 0.1) is 5.56 Å². The van der Waals surface area contributed by atoms with Crippen LogP contribution in [-0.2, 0) is 22.4 Å². The maximum absolute atomic E-state index is 13.8. The van der Waals surface area contributed by atoms with E-state index >= 15 is 0 Å². The Kier molecular flexibility index (Phi) is 5.53. The Hall–Kier alpha value is -2.71. The quantitative estimate of drug-likeness (QED) is 0.492. The number of carbonyl (C=O) groups excluding carboxylic acids is 2. The van der Waals surface area contributed by atoms with Gasteiger partial charge >= 0.3 is 0 Å². The highest BCUT2D eigenvalue weighted by molar-refractivity contribution is 7.16. The van der Waals surface area contributed by atoms with E-state index in [4.69, 9.17) is 0 Å². The molecule has 5 rings (SSSR count). The molecule has 3 aliphatic rings. The Morgan fingerprint density at radius 3 is 2.67 bits per heavy atom. The predicted octanol–water partition coefficient (Wildman–Crippen LogP) is 6.36. The Morgan fingerprint density at radius 2 is 1.91 bits per heavy atom. The van der Waals surface area contributed by atoms with Gasteiger partial charge in [-0.25, -0.2) is 0 Å². The molecule has 4 nitrogen and oxygen atoms in total. The summed E-state index contributed by atoms with van der Waals surface area (Å²) in [7, 11) is 0. The number of amides is 1. The van der Waals surface area contributed by atoms with Crippen molar-refractivity contribution < 1.29 is 9.59 Å². The van der Waals surface area contributed by atoms with E-state index in [-0.39, 0.29) is 29.4 Å². The summed E-state index contributed by atoms with van der Waals surface area (Å²) in [5, 5.41) is 10.9. The van der Waals surface area contributed by atoms with Crippen molar-refractivity contribution in [1.82, 2.24) is 0 Å². The molecule has 0 saturated heterocycles. The fourth-order valence-electron chi connectivity index (χ4n) is 5.82. The second kappa shape index (κ2) is 8.25. The molecule has 1 amide bonds. The standard InChI is InChI=1S/C28H30N2O2S/c1-17-8-7-9-18(12-17)20-13-25(32)30(22-14-28(2,3)15-23(31)26(20)22)27-21(16-29)19-10-5-4-6-11-24(19)33-27/h7-9,12,20H,4-6,10-11,13-15H2,1-3H3.